The zero-order valence-corrected chi connectivity index (χ0v) is 13.9. The number of rotatable bonds is 1. The zero-order chi connectivity index (χ0) is 14.4. The van der Waals surface area contributed by atoms with Crippen LogP contribution in [0.25, 0.3) is 16.7 Å². The van der Waals surface area contributed by atoms with E-state index in [1.165, 1.54) is 36.1 Å². The van der Waals surface area contributed by atoms with Crippen LogP contribution < -0.4 is 0 Å². The van der Waals surface area contributed by atoms with Crippen LogP contribution in [-0.4, -0.2) is 9.55 Å². The van der Waals surface area contributed by atoms with Crippen LogP contribution in [0.3, 0.4) is 0 Å². The summed E-state index contributed by atoms with van der Waals surface area (Å²) >= 11 is 9.14. The number of halogens is 1. The molecule has 0 unspecified atom stereocenters. The highest BCUT2D eigenvalue weighted by atomic mass is 79.9. The summed E-state index contributed by atoms with van der Waals surface area (Å²) in [7, 11) is 0. The molecule has 1 aliphatic rings. The van der Waals surface area contributed by atoms with Crippen LogP contribution in [0.5, 0.6) is 0 Å². The topological polar surface area (TPSA) is 20.7 Å². The minimum absolute atomic E-state index is 0.766. The zero-order valence-electron chi connectivity index (χ0n) is 11.5. The van der Waals surface area contributed by atoms with Crippen molar-refractivity contribution >= 4 is 39.2 Å². The maximum absolute atomic E-state index is 5.58. The first-order valence-electron chi connectivity index (χ1n) is 7.25. The number of H-pyrrole nitrogens is 1. The summed E-state index contributed by atoms with van der Waals surface area (Å²) in [5.41, 5.74) is 6.39. The maximum Gasteiger partial charge on any atom is 0.182 e. The summed E-state index contributed by atoms with van der Waals surface area (Å²) in [6, 6.07) is 12.8. The number of hydrogen-bond donors (Lipinski definition) is 1. The second-order valence-corrected chi connectivity index (χ2v) is 6.85. The van der Waals surface area contributed by atoms with Gasteiger partial charge < -0.3 is 4.98 Å². The van der Waals surface area contributed by atoms with Crippen LogP contribution in [0, 0.1) is 4.77 Å². The molecule has 1 aliphatic carbocycles. The monoisotopic (exact) mass is 358 g/mol. The van der Waals surface area contributed by atoms with E-state index in [2.05, 4.69) is 55.8 Å². The fraction of sp³-hybridized carbons (Fsp3) is 0.235. The first-order valence-corrected chi connectivity index (χ1v) is 8.45. The molecule has 1 heterocycles. The van der Waals surface area contributed by atoms with Gasteiger partial charge in [-0.1, -0.05) is 28.1 Å². The Bertz CT molecular complexity index is 891. The van der Waals surface area contributed by atoms with Crippen LogP contribution in [0.1, 0.15) is 24.0 Å². The Morgan fingerprint density at radius 3 is 2.86 bits per heavy atom. The van der Waals surface area contributed by atoms with Crippen molar-refractivity contribution in [2.75, 3.05) is 0 Å². The highest BCUT2D eigenvalue weighted by Crippen LogP contribution is 2.30. The maximum atomic E-state index is 5.58. The van der Waals surface area contributed by atoms with Crippen molar-refractivity contribution in [1.82, 2.24) is 9.55 Å². The number of benzene rings is 2. The van der Waals surface area contributed by atoms with Gasteiger partial charge in [-0.05, 0) is 73.3 Å². The molecule has 0 radical (unpaired) electrons. The fourth-order valence-electron chi connectivity index (χ4n) is 3.29. The van der Waals surface area contributed by atoms with Gasteiger partial charge in [0.25, 0.3) is 0 Å². The van der Waals surface area contributed by atoms with Gasteiger partial charge in [0.1, 0.15) is 0 Å². The molecule has 0 atom stereocenters. The minimum Gasteiger partial charge on any atom is -0.330 e. The number of nitrogens with zero attached hydrogens (tertiary/aromatic N) is 1. The van der Waals surface area contributed by atoms with Crippen molar-refractivity contribution in [2.24, 2.45) is 0 Å². The van der Waals surface area contributed by atoms with Crippen molar-refractivity contribution in [3.05, 3.63) is 56.8 Å². The van der Waals surface area contributed by atoms with Gasteiger partial charge in [0.05, 0.1) is 16.7 Å². The van der Waals surface area contributed by atoms with E-state index in [0.29, 0.717) is 0 Å². The molecule has 4 rings (SSSR count). The van der Waals surface area contributed by atoms with Gasteiger partial charge >= 0.3 is 0 Å². The number of aryl methyl sites for hydroxylation is 1. The second kappa shape index (κ2) is 5.11. The van der Waals surface area contributed by atoms with Gasteiger partial charge in [0.2, 0.25) is 0 Å². The summed E-state index contributed by atoms with van der Waals surface area (Å²) in [5, 5.41) is 0. The molecule has 3 aromatic rings. The van der Waals surface area contributed by atoms with Crippen LogP contribution in [0.4, 0.5) is 0 Å². The van der Waals surface area contributed by atoms with E-state index >= 15 is 0 Å². The van der Waals surface area contributed by atoms with Gasteiger partial charge in [0.15, 0.2) is 4.77 Å². The Balaban J connectivity index is 2.05. The molecule has 0 bridgehead atoms. The SMILES string of the molecule is S=c1[nH]c2ccc(Br)cc2n1-c1cccc2c1CCCC2. The van der Waals surface area contributed by atoms with Crippen LogP contribution in [-0.2, 0) is 12.8 Å². The molecular weight excluding hydrogens is 344 g/mol. The Labute approximate surface area is 136 Å². The van der Waals surface area contributed by atoms with Crippen LogP contribution >= 0.6 is 28.1 Å². The third-order valence-corrected chi connectivity index (χ3v) is 5.04. The minimum atomic E-state index is 0.766. The molecule has 1 aromatic heterocycles. The van der Waals surface area contributed by atoms with Crippen molar-refractivity contribution in [2.45, 2.75) is 25.7 Å². The van der Waals surface area contributed by atoms with Gasteiger partial charge in [-0.15, -0.1) is 0 Å². The molecule has 0 saturated carbocycles. The highest BCUT2D eigenvalue weighted by Gasteiger charge is 2.16. The molecule has 0 fully saturated rings. The fourth-order valence-corrected chi connectivity index (χ4v) is 3.94. The van der Waals surface area contributed by atoms with Gasteiger partial charge in [-0.2, -0.15) is 0 Å². The van der Waals surface area contributed by atoms with E-state index in [-0.39, 0.29) is 0 Å². The van der Waals surface area contributed by atoms with E-state index in [0.717, 1.165) is 26.7 Å². The summed E-state index contributed by atoms with van der Waals surface area (Å²) in [6.07, 6.45) is 4.89. The Hall–Kier alpha value is -1.39. The smallest absolute Gasteiger partial charge is 0.182 e. The molecule has 0 spiro atoms. The largest absolute Gasteiger partial charge is 0.330 e. The van der Waals surface area contributed by atoms with Gasteiger partial charge in [0, 0.05) is 4.47 Å². The third kappa shape index (κ3) is 2.17. The van der Waals surface area contributed by atoms with Gasteiger partial charge in [-0.25, -0.2) is 0 Å². The molecule has 0 aliphatic heterocycles. The molecule has 0 amide bonds. The number of aromatic nitrogens is 2. The summed E-state index contributed by atoms with van der Waals surface area (Å²) in [6.45, 7) is 0. The standard InChI is InChI=1S/C17H15BrN2S/c18-12-8-9-14-16(10-12)20(17(21)19-14)15-7-3-5-11-4-1-2-6-13(11)15/h3,5,7-10H,1-2,4,6H2,(H,19,21). The molecule has 2 nitrogen and oxygen atoms in total. The predicted octanol–water partition coefficient (Wildman–Crippen LogP) is 5.33. The van der Waals surface area contributed by atoms with E-state index in [4.69, 9.17) is 12.2 Å². The number of aromatic amines is 1. The highest BCUT2D eigenvalue weighted by molar-refractivity contribution is 9.10. The van der Waals surface area contributed by atoms with Crippen molar-refractivity contribution < 1.29 is 0 Å². The van der Waals surface area contributed by atoms with E-state index in [1.54, 1.807) is 0 Å². The Morgan fingerprint density at radius 2 is 1.95 bits per heavy atom. The first kappa shape index (κ1) is 13.3. The number of fused-ring (bicyclic) bond motifs is 2. The Kier molecular flexibility index (Phi) is 3.23. The van der Waals surface area contributed by atoms with Crippen molar-refractivity contribution in [3.8, 4) is 5.69 Å². The van der Waals surface area contributed by atoms with Crippen molar-refractivity contribution in [1.29, 1.82) is 0 Å². The molecule has 4 heteroatoms. The third-order valence-electron chi connectivity index (χ3n) is 4.26. The molecule has 1 N–H and O–H groups in total. The lowest BCUT2D eigenvalue weighted by molar-refractivity contribution is 0.681. The Morgan fingerprint density at radius 1 is 1.10 bits per heavy atom. The van der Waals surface area contributed by atoms with Crippen LogP contribution in [0.15, 0.2) is 40.9 Å². The molecule has 2 aromatic carbocycles. The van der Waals surface area contributed by atoms with E-state index in [1.807, 2.05) is 6.07 Å². The van der Waals surface area contributed by atoms with E-state index < -0.39 is 0 Å². The number of imidazole rings is 1. The quantitative estimate of drug-likeness (QED) is 0.583. The van der Waals surface area contributed by atoms with Crippen molar-refractivity contribution in [3.63, 3.8) is 0 Å². The number of nitrogens with one attached hydrogen (secondary N) is 1. The van der Waals surface area contributed by atoms with E-state index in [9.17, 15) is 0 Å². The summed E-state index contributed by atoms with van der Waals surface area (Å²) in [4.78, 5) is 3.32. The van der Waals surface area contributed by atoms with Crippen LogP contribution in [0.2, 0.25) is 0 Å². The molecule has 0 saturated heterocycles. The first-order chi connectivity index (χ1) is 10.2. The normalized spacial score (nSPS) is 14.3. The average molecular weight is 359 g/mol. The summed E-state index contributed by atoms with van der Waals surface area (Å²) in [5.74, 6) is 0. The lowest BCUT2D eigenvalue weighted by Gasteiger charge is -2.20. The molecule has 21 heavy (non-hydrogen) atoms. The number of hydrogen-bond acceptors (Lipinski definition) is 1. The lowest BCUT2D eigenvalue weighted by Crippen LogP contribution is -2.08. The van der Waals surface area contributed by atoms with Gasteiger partial charge in [-0.3, -0.25) is 4.57 Å². The summed E-state index contributed by atoms with van der Waals surface area (Å²) < 4.78 is 4.02. The average Bonchev–Trinajstić information content (AvgIpc) is 2.82. The molecule has 106 valence electrons. The molecular formula is C17H15BrN2S. The second-order valence-electron chi connectivity index (χ2n) is 5.55. The predicted molar refractivity (Wildman–Crippen MR) is 92.8 cm³/mol. The lowest BCUT2D eigenvalue weighted by atomic mass is 9.90.